The highest BCUT2D eigenvalue weighted by Crippen LogP contribution is 2.35. The molecule has 7 heteroatoms. The van der Waals surface area contributed by atoms with Gasteiger partial charge in [0, 0.05) is 12.6 Å². The van der Waals surface area contributed by atoms with Crippen LogP contribution in [-0.4, -0.2) is 24.2 Å². The summed E-state index contributed by atoms with van der Waals surface area (Å²) >= 11 is 17.7. The summed E-state index contributed by atoms with van der Waals surface area (Å²) in [6.07, 6.45) is -4.50. The van der Waals surface area contributed by atoms with Crippen molar-refractivity contribution >= 4 is 34.8 Å². The first-order valence-corrected chi connectivity index (χ1v) is 6.31. The third kappa shape index (κ3) is 3.93. The van der Waals surface area contributed by atoms with Gasteiger partial charge in [-0.1, -0.05) is 40.9 Å². The molecular formula is C11H12Cl3F2NO. The molecule has 0 fully saturated rings. The van der Waals surface area contributed by atoms with Gasteiger partial charge < -0.3 is 10.4 Å². The van der Waals surface area contributed by atoms with Gasteiger partial charge in [-0.3, -0.25) is 0 Å². The van der Waals surface area contributed by atoms with Crippen LogP contribution in [0, 0.1) is 0 Å². The van der Waals surface area contributed by atoms with Crippen LogP contribution in [0.3, 0.4) is 0 Å². The zero-order valence-corrected chi connectivity index (χ0v) is 11.7. The SMILES string of the molecule is CC(NCC(O)C(F)F)c1ccc(Cl)c(Cl)c1Cl. The van der Waals surface area contributed by atoms with E-state index in [0.29, 0.717) is 10.6 Å². The van der Waals surface area contributed by atoms with Gasteiger partial charge in [0.05, 0.1) is 15.1 Å². The van der Waals surface area contributed by atoms with Crippen molar-refractivity contribution in [3.63, 3.8) is 0 Å². The molecule has 1 aromatic rings. The topological polar surface area (TPSA) is 32.3 Å². The van der Waals surface area contributed by atoms with Crippen molar-refractivity contribution < 1.29 is 13.9 Å². The minimum Gasteiger partial charge on any atom is -0.386 e. The first-order valence-electron chi connectivity index (χ1n) is 5.17. The van der Waals surface area contributed by atoms with E-state index in [1.54, 1.807) is 19.1 Å². The number of benzene rings is 1. The molecule has 2 nitrogen and oxygen atoms in total. The maximum atomic E-state index is 12.1. The fourth-order valence-electron chi connectivity index (χ4n) is 1.37. The van der Waals surface area contributed by atoms with Gasteiger partial charge in [-0.15, -0.1) is 0 Å². The summed E-state index contributed by atoms with van der Waals surface area (Å²) < 4.78 is 24.2. The second-order valence-corrected chi connectivity index (χ2v) is 4.96. The molecule has 2 unspecified atom stereocenters. The van der Waals surface area contributed by atoms with E-state index in [0.717, 1.165) is 0 Å². The second kappa shape index (κ2) is 6.87. The van der Waals surface area contributed by atoms with Crippen molar-refractivity contribution in [2.24, 2.45) is 0 Å². The van der Waals surface area contributed by atoms with E-state index in [1.165, 1.54) is 0 Å². The predicted octanol–water partition coefficient (Wildman–Crippen LogP) is 3.92. The van der Waals surface area contributed by atoms with Crippen molar-refractivity contribution in [2.75, 3.05) is 6.54 Å². The Morgan fingerprint density at radius 3 is 2.39 bits per heavy atom. The Labute approximate surface area is 119 Å². The van der Waals surface area contributed by atoms with E-state index >= 15 is 0 Å². The molecule has 102 valence electrons. The standard InChI is InChI=1S/C11H12Cl3F2NO/c1-5(17-4-8(18)11(15)16)6-2-3-7(12)10(14)9(6)13/h2-3,5,8,11,17-18H,4H2,1H3. The number of rotatable bonds is 5. The van der Waals surface area contributed by atoms with Gasteiger partial charge in [0.15, 0.2) is 0 Å². The van der Waals surface area contributed by atoms with E-state index in [2.05, 4.69) is 5.32 Å². The molecule has 0 aliphatic carbocycles. The number of halogens is 5. The Hall–Kier alpha value is -0.130. The van der Waals surface area contributed by atoms with Gasteiger partial charge in [0.25, 0.3) is 6.43 Å². The molecule has 18 heavy (non-hydrogen) atoms. The summed E-state index contributed by atoms with van der Waals surface area (Å²) in [5.41, 5.74) is 0.632. The highest BCUT2D eigenvalue weighted by atomic mass is 35.5. The summed E-state index contributed by atoms with van der Waals surface area (Å²) in [6, 6.07) is 2.90. The molecule has 0 heterocycles. The molecule has 1 rings (SSSR count). The molecule has 0 radical (unpaired) electrons. The van der Waals surface area contributed by atoms with Crippen molar-refractivity contribution in [1.82, 2.24) is 5.32 Å². The van der Waals surface area contributed by atoms with Crippen LogP contribution in [0.4, 0.5) is 8.78 Å². The first-order chi connectivity index (χ1) is 8.34. The van der Waals surface area contributed by atoms with Gasteiger partial charge >= 0.3 is 0 Å². The number of hydrogen-bond acceptors (Lipinski definition) is 2. The second-order valence-electron chi connectivity index (χ2n) is 3.80. The van der Waals surface area contributed by atoms with Crippen LogP contribution < -0.4 is 5.32 Å². The van der Waals surface area contributed by atoms with Gasteiger partial charge in [0.1, 0.15) is 6.10 Å². The summed E-state index contributed by atoms with van der Waals surface area (Å²) in [7, 11) is 0. The maximum Gasteiger partial charge on any atom is 0.265 e. The third-order valence-electron chi connectivity index (χ3n) is 2.46. The number of nitrogens with one attached hydrogen (secondary N) is 1. The Balaban J connectivity index is 2.73. The Morgan fingerprint density at radius 1 is 1.22 bits per heavy atom. The molecule has 0 aliphatic rings. The predicted molar refractivity (Wildman–Crippen MR) is 69.9 cm³/mol. The number of aliphatic hydroxyl groups excluding tert-OH is 1. The molecule has 0 spiro atoms. The van der Waals surface area contributed by atoms with Crippen LogP contribution >= 0.6 is 34.8 Å². The lowest BCUT2D eigenvalue weighted by Crippen LogP contribution is -2.33. The molecule has 2 atom stereocenters. The molecule has 0 bridgehead atoms. The number of alkyl halides is 2. The summed E-state index contributed by atoms with van der Waals surface area (Å²) in [5, 5.41) is 12.6. The van der Waals surface area contributed by atoms with Gasteiger partial charge in [-0.25, -0.2) is 8.78 Å². The maximum absolute atomic E-state index is 12.1. The third-order valence-corrected chi connectivity index (χ3v) is 3.76. The zero-order chi connectivity index (χ0) is 13.9. The van der Waals surface area contributed by atoms with E-state index in [-0.39, 0.29) is 22.6 Å². The lowest BCUT2D eigenvalue weighted by atomic mass is 10.1. The van der Waals surface area contributed by atoms with Crippen LogP contribution in [0.2, 0.25) is 15.1 Å². The van der Waals surface area contributed by atoms with E-state index in [4.69, 9.17) is 39.9 Å². The molecule has 0 aliphatic heterocycles. The minimum absolute atomic E-state index is 0.221. The zero-order valence-electron chi connectivity index (χ0n) is 9.43. The van der Waals surface area contributed by atoms with Crippen molar-refractivity contribution in [2.45, 2.75) is 25.5 Å². The van der Waals surface area contributed by atoms with Crippen LogP contribution in [-0.2, 0) is 0 Å². The van der Waals surface area contributed by atoms with Crippen LogP contribution in [0.1, 0.15) is 18.5 Å². The Kier molecular flexibility index (Phi) is 6.08. The van der Waals surface area contributed by atoms with Crippen LogP contribution in [0.5, 0.6) is 0 Å². The monoisotopic (exact) mass is 317 g/mol. The van der Waals surface area contributed by atoms with Crippen molar-refractivity contribution in [1.29, 1.82) is 0 Å². The van der Waals surface area contributed by atoms with Gasteiger partial charge in [-0.2, -0.15) is 0 Å². The van der Waals surface area contributed by atoms with Crippen molar-refractivity contribution in [3.05, 3.63) is 32.8 Å². The lowest BCUT2D eigenvalue weighted by molar-refractivity contribution is -0.00439. The minimum atomic E-state index is -2.78. The fraction of sp³-hybridized carbons (Fsp3) is 0.455. The number of hydrogen-bond donors (Lipinski definition) is 2. The lowest BCUT2D eigenvalue weighted by Gasteiger charge is -2.18. The molecule has 0 amide bonds. The Bertz CT molecular complexity index is 418. The molecule has 0 saturated heterocycles. The van der Waals surface area contributed by atoms with E-state index in [1.807, 2.05) is 0 Å². The largest absolute Gasteiger partial charge is 0.386 e. The Morgan fingerprint density at radius 2 is 1.83 bits per heavy atom. The first kappa shape index (κ1) is 15.9. The van der Waals surface area contributed by atoms with Crippen LogP contribution in [0.25, 0.3) is 0 Å². The number of aliphatic hydroxyl groups is 1. The quantitative estimate of drug-likeness (QED) is 0.806. The highest BCUT2D eigenvalue weighted by molar-refractivity contribution is 6.48. The average molecular weight is 319 g/mol. The summed E-state index contributed by atoms with van der Waals surface area (Å²) in [6.45, 7) is 1.49. The average Bonchev–Trinajstić information content (AvgIpc) is 2.32. The van der Waals surface area contributed by atoms with Crippen molar-refractivity contribution in [3.8, 4) is 0 Å². The van der Waals surface area contributed by atoms with E-state index < -0.39 is 12.5 Å². The molecular weight excluding hydrogens is 306 g/mol. The molecule has 2 N–H and O–H groups in total. The van der Waals surface area contributed by atoms with E-state index in [9.17, 15) is 8.78 Å². The normalized spacial score (nSPS) is 14.9. The fourth-order valence-corrected chi connectivity index (χ4v) is 2.08. The summed E-state index contributed by atoms with van der Waals surface area (Å²) in [5.74, 6) is 0. The van der Waals surface area contributed by atoms with Crippen LogP contribution in [0.15, 0.2) is 12.1 Å². The molecule has 0 saturated carbocycles. The highest BCUT2D eigenvalue weighted by Gasteiger charge is 2.19. The molecule has 0 aromatic heterocycles. The smallest absolute Gasteiger partial charge is 0.265 e. The molecule has 1 aromatic carbocycles. The van der Waals surface area contributed by atoms with Gasteiger partial charge in [-0.05, 0) is 18.6 Å². The van der Waals surface area contributed by atoms with Gasteiger partial charge in [0.2, 0.25) is 0 Å². The summed E-state index contributed by atoms with van der Waals surface area (Å²) in [4.78, 5) is 0.